The highest BCUT2D eigenvalue weighted by Crippen LogP contribution is 2.35. The molecule has 2 aromatic rings. The van der Waals surface area contributed by atoms with Gasteiger partial charge in [0.15, 0.2) is 17.3 Å². The second-order valence-corrected chi connectivity index (χ2v) is 4.77. The molecule has 0 fully saturated rings. The number of nitrogens with one attached hydrogen (secondary N) is 1. The molecule has 0 radical (unpaired) electrons. The topological polar surface area (TPSA) is 56.3 Å². The van der Waals surface area contributed by atoms with Gasteiger partial charge in [0.1, 0.15) is 6.61 Å². The Balaban J connectivity index is 2.22. The minimum Gasteiger partial charge on any atom is -0.493 e. The summed E-state index contributed by atoms with van der Waals surface area (Å²) < 4.78 is 11.2. The molecule has 112 valence electrons. The van der Waals surface area contributed by atoms with Crippen LogP contribution in [-0.2, 0) is 13.2 Å². The third kappa shape index (κ3) is 4.31. The van der Waals surface area contributed by atoms with Crippen LogP contribution in [0.1, 0.15) is 18.3 Å². The van der Waals surface area contributed by atoms with Crippen molar-refractivity contribution in [3.05, 3.63) is 47.0 Å². The van der Waals surface area contributed by atoms with Crippen LogP contribution in [0, 0.1) is 0 Å². The molecular formula is C15H18ClN3O2. The van der Waals surface area contributed by atoms with Crippen LogP contribution < -0.4 is 14.8 Å². The Morgan fingerprint density at radius 1 is 1.24 bits per heavy atom. The Kier molecular flexibility index (Phi) is 5.78. The highest BCUT2D eigenvalue weighted by atomic mass is 35.5. The van der Waals surface area contributed by atoms with Gasteiger partial charge < -0.3 is 14.8 Å². The van der Waals surface area contributed by atoms with E-state index in [0.29, 0.717) is 28.9 Å². The van der Waals surface area contributed by atoms with Crippen LogP contribution in [-0.4, -0.2) is 23.6 Å². The lowest BCUT2D eigenvalue weighted by Gasteiger charge is -2.15. The Bertz CT molecular complexity index is 579. The van der Waals surface area contributed by atoms with Crippen LogP contribution in [0.5, 0.6) is 11.5 Å². The lowest BCUT2D eigenvalue weighted by molar-refractivity contribution is 0.272. The minimum atomic E-state index is 0.276. The van der Waals surface area contributed by atoms with Crippen molar-refractivity contribution in [1.82, 2.24) is 15.3 Å². The number of benzene rings is 1. The maximum atomic E-state index is 6.11. The third-order valence-corrected chi connectivity index (χ3v) is 3.06. The Morgan fingerprint density at radius 2 is 2.00 bits per heavy atom. The van der Waals surface area contributed by atoms with Gasteiger partial charge in [0.25, 0.3) is 0 Å². The summed E-state index contributed by atoms with van der Waals surface area (Å²) in [5.41, 5.74) is 0.942. The second kappa shape index (κ2) is 7.81. The maximum Gasteiger partial charge on any atom is 0.166 e. The van der Waals surface area contributed by atoms with E-state index >= 15 is 0 Å². The Morgan fingerprint density at radius 3 is 2.67 bits per heavy atom. The van der Waals surface area contributed by atoms with E-state index in [-0.39, 0.29) is 6.61 Å². The molecule has 5 nitrogen and oxygen atoms in total. The molecule has 0 atom stereocenters. The van der Waals surface area contributed by atoms with Gasteiger partial charge in [-0.3, -0.25) is 0 Å². The molecule has 0 amide bonds. The van der Waals surface area contributed by atoms with E-state index in [2.05, 4.69) is 15.3 Å². The predicted octanol–water partition coefficient (Wildman–Crippen LogP) is 2.83. The van der Waals surface area contributed by atoms with Gasteiger partial charge in [0, 0.05) is 35.6 Å². The molecule has 1 aromatic heterocycles. The van der Waals surface area contributed by atoms with Crippen LogP contribution in [0.25, 0.3) is 0 Å². The number of aromatic nitrogens is 2. The van der Waals surface area contributed by atoms with Crippen LogP contribution in [0.3, 0.4) is 0 Å². The van der Waals surface area contributed by atoms with Crippen molar-refractivity contribution in [2.45, 2.75) is 20.1 Å². The summed E-state index contributed by atoms with van der Waals surface area (Å²) in [6.07, 6.45) is 3.37. The normalized spacial score (nSPS) is 10.4. The molecule has 21 heavy (non-hydrogen) atoms. The first-order valence-electron chi connectivity index (χ1n) is 6.70. The summed E-state index contributed by atoms with van der Waals surface area (Å²) in [6.45, 7) is 3.83. The van der Waals surface area contributed by atoms with E-state index in [1.807, 2.05) is 13.0 Å². The summed E-state index contributed by atoms with van der Waals surface area (Å²) in [7, 11) is 1.59. The SMILES string of the molecule is CCNCc1cc(Cl)cc(OC)c1OCc1ncccn1. The Labute approximate surface area is 129 Å². The van der Waals surface area contributed by atoms with E-state index in [1.54, 1.807) is 31.6 Å². The molecule has 0 aliphatic rings. The van der Waals surface area contributed by atoms with Crippen molar-refractivity contribution in [3.63, 3.8) is 0 Å². The van der Waals surface area contributed by atoms with Gasteiger partial charge in [-0.25, -0.2) is 9.97 Å². The van der Waals surface area contributed by atoms with Crippen molar-refractivity contribution < 1.29 is 9.47 Å². The zero-order valence-electron chi connectivity index (χ0n) is 12.1. The number of nitrogens with zero attached hydrogens (tertiary/aromatic N) is 2. The van der Waals surface area contributed by atoms with E-state index in [4.69, 9.17) is 21.1 Å². The zero-order chi connectivity index (χ0) is 15.1. The number of halogens is 1. The number of methoxy groups -OCH3 is 1. The van der Waals surface area contributed by atoms with Gasteiger partial charge in [0.05, 0.1) is 7.11 Å². The van der Waals surface area contributed by atoms with Crippen LogP contribution in [0.2, 0.25) is 5.02 Å². The maximum absolute atomic E-state index is 6.11. The van der Waals surface area contributed by atoms with Crippen molar-refractivity contribution in [2.75, 3.05) is 13.7 Å². The van der Waals surface area contributed by atoms with Crippen molar-refractivity contribution in [3.8, 4) is 11.5 Å². The van der Waals surface area contributed by atoms with Crippen LogP contribution in [0.4, 0.5) is 0 Å². The summed E-state index contributed by atoms with van der Waals surface area (Å²) >= 11 is 6.11. The fourth-order valence-electron chi connectivity index (χ4n) is 1.87. The van der Waals surface area contributed by atoms with Crippen molar-refractivity contribution in [1.29, 1.82) is 0 Å². The molecular weight excluding hydrogens is 290 g/mol. The summed E-state index contributed by atoms with van der Waals surface area (Å²) in [5.74, 6) is 1.88. The highest BCUT2D eigenvalue weighted by molar-refractivity contribution is 6.30. The van der Waals surface area contributed by atoms with E-state index in [1.165, 1.54) is 0 Å². The van der Waals surface area contributed by atoms with E-state index < -0.39 is 0 Å². The largest absolute Gasteiger partial charge is 0.493 e. The molecule has 6 heteroatoms. The van der Waals surface area contributed by atoms with Crippen molar-refractivity contribution in [2.24, 2.45) is 0 Å². The first kappa shape index (κ1) is 15.5. The fraction of sp³-hybridized carbons (Fsp3) is 0.333. The zero-order valence-corrected chi connectivity index (χ0v) is 12.9. The third-order valence-electron chi connectivity index (χ3n) is 2.85. The van der Waals surface area contributed by atoms with Gasteiger partial charge in [-0.1, -0.05) is 18.5 Å². The first-order chi connectivity index (χ1) is 10.2. The lowest BCUT2D eigenvalue weighted by atomic mass is 10.2. The Hall–Kier alpha value is -1.85. The summed E-state index contributed by atoms with van der Waals surface area (Å²) in [5, 5.41) is 3.87. The summed E-state index contributed by atoms with van der Waals surface area (Å²) in [6, 6.07) is 5.37. The number of hydrogen-bond acceptors (Lipinski definition) is 5. The van der Waals surface area contributed by atoms with Crippen molar-refractivity contribution >= 4 is 11.6 Å². The predicted molar refractivity (Wildman–Crippen MR) is 81.7 cm³/mol. The van der Waals surface area contributed by atoms with E-state index in [9.17, 15) is 0 Å². The quantitative estimate of drug-likeness (QED) is 0.852. The average Bonchev–Trinajstić information content (AvgIpc) is 2.52. The minimum absolute atomic E-state index is 0.276. The first-order valence-corrected chi connectivity index (χ1v) is 7.08. The smallest absolute Gasteiger partial charge is 0.166 e. The van der Waals surface area contributed by atoms with Crippen LogP contribution in [0.15, 0.2) is 30.6 Å². The molecule has 1 heterocycles. The van der Waals surface area contributed by atoms with Gasteiger partial charge in [-0.2, -0.15) is 0 Å². The molecule has 0 bridgehead atoms. The standard InChI is InChI=1S/C15H18ClN3O2/c1-3-17-9-11-7-12(16)8-13(20-2)15(11)21-10-14-18-5-4-6-19-14/h4-8,17H,3,9-10H2,1-2H3. The van der Waals surface area contributed by atoms with Gasteiger partial charge in [-0.15, -0.1) is 0 Å². The van der Waals surface area contributed by atoms with Crippen LogP contribution >= 0.6 is 11.6 Å². The monoisotopic (exact) mass is 307 g/mol. The van der Waals surface area contributed by atoms with Gasteiger partial charge >= 0.3 is 0 Å². The molecule has 0 saturated heterocycles. The van der Waals surface area contributed by atoms with E-state index in [0.717, 1.165) is 12.1 Å². The average molecular weight is 308 g/mol. The lowest BCUT2D eigenvalue weighted by Crippen LogP contribution is -2.13. The number of ether oxygens (including phenoxy) is 2. The summed E-state index contributed by atoms with van der Waals surface area (Å²) in [4.78, 5) is 8.28. The molecule has 1 aromatic carbocycles. The molecule has 1 N–H and O–H groups in total. The molecule has 0 aliphatic heterocycles. The second-order valence-electron chi connectivity index (χ2n) is 4.33. The molecule has 0 aliphatic carbocycles. The molecule has 0 saturated carbocycles. The number of rotatable bonds is 7. The number of hydrogen-bond donors (Lipinski definition) is 1. The highest BCUT2D eigenvalue weighted by Gasteiger charge is 2.13. The molecule has 0 spiro atoms. The van der Waals surface area contributed by atoms with Gasteiger partial charge in [0.2, 0.25) is 0 Å². The fourth-order valence-corrected chi connectivity index (χ4v) is 2.10. The molecule has 0 unspecified atom stereocenters. The molecule has 2 rings (SSSR count). The van der Waals surface area contributed by atoms with Gasteiger partial charge in [-0.05, 0) is 18.7 Å².